The molecule has 6 nitrogen and oxygen atoms in total. The third-order valence-corrected chi connectivity index (χ3v) is 5.07. The molecule has 3 N–H and O–H groups in total. The number of halogens is 2. The van der Waals surface area contributed by atoms with Gasteiger partial charge in [0.25, 0.3) is 0 Å². The number of nitrogens with zero attached hydrogens (tertiary/aromatic N) is 1. The summed E-state index contributed by atoms with van der Waals surface area (Å²) in [7, 11) is 1.60. The van der Waals surface area contributed by atoms with Crippen molar-refractivity contribution in [1.29, 1.82) is 0 Å². The van der Waals surface area contributed by atoms with Crippen molar-refractivity contribution >= 4 is 30.7 Å². The highest BCUT2D eigenvalue weighted by molar-refractivity contribution is 5.85. The van der Waals surface area contributed by atoms with E-state index < -0.39 is 0 Å². The van der Waals surface area contributed by atoms with E-state index in [-0.39, 0.29) is 42.4 Å². The number of likely N-dealkylation sites (tertiary alicyclic amines) is 1. The van der Waals surface area contributed by atoms with E-state index in [1.54, 1.807) is 7.11 Å². The smallest absolute Gasteiger partial charge is 0.222 e. The van der Waals surface area contributed by atoms with Crippen LogP contribution in [0.5, 0.6) is 0 Å². The first-order valence-corrected chi connectivity index (χ1v) is 8.52. The molecule has 0 aromatic rings. The molecule has 1 atom stereocenters. The first-order chi connectivity index (χ1) is 10.7. The van der Waals surface area contributed by atoms with Gasteiger partial charge in [0.1, 0.15) is 0 Å². The zero-order chi connectivity index (χ0) is 15.8. The maximum Gasteiger partial charge on any atom is 0.222 e. The second-order valence-corrected chi connectivity index (χ2v) is 6.46. The zero-order valence-electron chi connectivity index (χ0n) is 14.6. The minimum absolute atomic E-state index is 0. The predicted octanol–water partition coefficient (Wildman–Crippen LogP) is 1.35. The number of hydrogen-bond acceptors (Lipinski definition) is 5. The highest BCUT2D eigenvalue weighted by atomic mass is 35.5. The monoisotopic (exact) mass is 385 g/mol. The van der Waals surface area contributed by atoms with Gasteiger partial charge in [0, 0.05) is 39.0 Å². The van der Waals surface area contributed by atoms with Crippen molar-refractivity contribution in [3.05, 3.63) is 0 Å². The van der Waals surface area contributed by atoms with E-state index in [2.05, 4.69) is 10.2 Å². The van der Waals surface area contributed by atoms with E-state index >= 15 is 0 Å². The Bertz CT molecular complexity index is 345. The van der Waals surface area contributed by atoms with Crippen molar-refractivity contribution in [2.24, 2.45) is 5.73 Å². The highest BCUT2D eigenvalue weighted by Gasteiger charge is 2.39. The lowest BCUT2D eigenvalue weighted by Crippen LogP contribution is -2.59. The van der Waals surface area contributed by atoms with Crippen LogP contribution in [0, 0.1) is 0 Å². The SMILES string of the molecule is COC(CN)CC(=O)NCC1(N2CCCCC2)CCOCC1.Cl.Cl. The van der Waals surface area contributed by atoms with Crippen LogP contribution in [0.2, 0.25) is 0 Å². The predicted molar refractivity (Wildman–Crippen MR) is 100 cm³/mol. The van der Waals surface area contributed by atoms with E-state index in [0.29, 0.717) is 19.5 Å². The summed E-state index contributed by atoms with van der Waals surface area (Å²) in [6.45, 7) is 4.93. The molecule has 0 spiro atoms. The summed E-state index contributed by atoms with van der Waals surface area (Å²) in [5, 5.41) is 3.12. The molecule has 2 aliphatic heterocycles. The lowest BCUT2D eigenvalue weighted by molar-refractivity contribution is -0.124. The summed E-state index contributed by atoms with van der Waals surface area (Å²) < 4.78 is 10.7. The number of nitrogens with one attached hydrogen (secondary N) is 1. The topological polar surface area (TPSA) is 76.8 Å². The molecule has 8 heteroatoms. The van der Waals surface area contributed by atoms with Gasteiger partial charge in [-0.3, -0.25) is 9.69 Å². The number of amides is 1. The zero-order valence-corrected chi connectivity index (χ0v) is 16.3. The standard InChI is InChI=1S/C16H31N3O3.2ClH/c1-21-14(12-17)11-15(20)18-13-16(5-9-22-10-6-16)19-7-3-2-4-8-19;;/h14H,2-13,17H2,1H3,(H,18,20);2*1H. The van der Waals surface area contributed by atoms with Gasteiger partial charge in [-0.05, 0) is 38.8 Å². The Labute approximate surface area is 158 Å². The van der Waals surface area contributed by atoms with Crippen molar-refractivity contribution in [3.63, 3.8) is 0 Å². The molecule has 0 bridgehead atoms. The Kier molecular flexibility index (Phi) is 12.2. The number of methoxy groups -OCH3 is 1. The Morgan fingerprint density at radius 2 is 1.88 bits per heavy atom. The Hall–Kier alpha value is -0.110. The van der Waals surface area contributed by atoms with Gasteiger partial charge < -0.3 is 20.5 Å². The summed E-state index contributed by atoms with van der Waals surface area (Å²) in [4.78, 5) is 14.7. The Morgan fingerprint density at radius 3 is 2.42 bits per heavy atom. The van der Waals surface area contributed by atoms with Gasteiger partial charge in [0.05, 0.1) is 12.5 Å². The lowest BCUT2D eigenvalue weighted by atomic mass is 9.86. The van der Waals surface area contributed by atoms with Gasteiger partial charge >= 0.3 is 0 Å². The van der Waals surface area contributed by atoms with Crippen molar-refractivity contribution in [1.82, 2.24) is 10.2 Å². The molecule has 2 aliphatic rings. The maximum absolute atomic E-state index is 12.1. The van der Waals surface area contributed by atoms with Crippen LogP contribution in [-0.4, -0.2) is 69.0 Å². The molecule has 1 unspecified atom stereocenters. The fourth-order valence-corrected chi connectivity index (χ4v) is 3.53. The molecule has 2 saturated heterocycles. The summed E-state index contributed by atoms with van der Waals surface area (Å²) >= 11 is 0. The summed E-state index contributed by atoms with van der Waals surface area (Å²) in [6, 6.07) is 0. The molecule has 0 aromatic heterocycles. The van der Waals surface area contributed by atoms with Crippen LogP contribution in [0.25, 0.3) is 0 Å². The number of nitrogens with two attached hydrogens (primary N) is 1. The molecule has 2 rings (SSSR count). The van der Waals surface area contributed by atoms with Gasteiger partial charge in [-0.1, -0.05) is 6.42 Å². The second kappa shape index (κ2) is 12.3. The number of ether oxygens (including phenoxy) is 2. The summed E-state index contributed by atoms with van der Waals surface area (Å²) in [6.07, 6.45) is 5.97. The fourth-order valence-electron chi connectivity index (χ4n) is 3.53. The Morgan fingerprint density at radius 1 is 1.25 bits per heavy atom. The largest absolute Gasteiger partial charge is 0.381 e. The average Bonchev–Trinajstić information content (AvgIpc) is 2.59. The molecule has 1 amide bonds. The summed E-state index contributed by atoms with van der Waals surface area (Å²) in [5.74, 6) is 0.0279. The number of hydrogen-bond donors (Lipinski definition) is 2. The average molecular weight is 386 g/mol. The van der Waals surface area contributed by atoms with E-state index in [1.807, 2.05) is 0 Å². The number of carbonyl (C=O) groups is 1. The van der Waals surface area contributed by atoms with Crippen molar-refractivity contribution < 1.29 is 14.3 Å². The van der Waals surface area contributed by atoms with Gasteiger partial charge in [-0.25, -0.2) is 0 Å². The maximum atomic E-state index is 12.1. The van der Waals surface area contributed by atoms with Crippen LogP contribution in [-0.2, 0) is 14.3 Å². The molecule has 2 fully saturated rings. The van der Waals surface area contributed by atoms with Crippen LogP contribution in [0.3, 0.4) is 0 Å². The van der Waals surface area contributed by atoms with Crippen LogP contribution in [0.4, 0.5) is 0 Å². The Balaban J connectivity index is 0.00000264. The lowest BCUT2D eigenvalue weighted by Gasteiger charge is -2.48. The van der Waals surface area contributed by atoms with Gasteiger partial charge in [0.15, 0.2) is 0 Å². The molecule has 0 radical (unpaired) electrons. The van der Waals surface area contributed by atoms with Gasteiger partial charge in [-0.2, -0.15) is 0 Å². The van der Waals surface area contributed by atoms with E-state index in [1.165, 1.54) is 19.3 Å². The van der Waals surface area contributed by atoms with Crippen molar-refractivity contribution in [2.45, 2.75) is 50.2 Å². The summed E-state index contributed by atoms with van der Waals surface area (Å²) in [5.41, 5.74) is 5.65. The molecule has 0 aliphatic carbocycles. The van der Waals surface area contributed by atoms with Crippen LogP contribution in [0.15, 0.2) is 0 Å². The highest BCUT2D eigenvalue weighted by Crippen LogP contribution is 2.30. The van der Waals surface area contributed by atoms with Crippen LogP contribution < -0.4 is 11.1 Å². The second-order valence-electron chi connectivity index (χ2n) is 6.46. The first kappa shape index (κ1) is 23.9. The number of carbonyl (C=O) groups excluding carboxylic acids is 1. The fraction of sp³-hybridized carbons (Fsp3) is 0.938. The van der Waals surface area contributed by atoms with Crippen LogP contribution in [0.1, 0.15) is 38.5 Å². The van der Waals surface area contributed by atoms with E-state index in [9.17, 15) is 4.79 Å². The number of piperidine rings is 1. The molecular weight excluding hydrogens is 353 g/mol. The molecule has 24 heavy (non-hydrogen) atoms. The molecule has 2 heterocycles. The molecule has 0 saturated carbocycles. The quantitative estimate of drug-likeness (QED) is 0.691. The normalized spacial score (nSPS) is 21.9. The minimum atomic E-state index is -0.194. The first-order valence-electron chi connectivity index (χ1n) is 8.52. The minimum Gasteiger partial charge on any atom is -0.381 e. The number of rotatable bonds is 7. The molecule has 144 valence electrons. The van der Waals surface area contributed by atoms with Gasteiger partial charge in [-0.15, -0.1) is 24.8 Å². The van der Waals surface area contributed by atoms with E-state index in [4.69, 9.17) is 15.2 Å². The molecule has 0 aromatic carbocycles. The van der Waals surface area contributed by atoms with Crippen molar-refractivity contribution in [2.75, 3.05) is 46.5 Å². The molecular formula is C16H33Cl2N3O3. The van der Waals surface area contributed by atoms with Crippen molar-refractivity contribution in [3.8, 4) is 0 Å². The van der Waals surface area contributed by atoms with Gasteiger partial charge in [0.2, 0.25) is 5.91 Å². The third-order valence-electron chi connectivity index (χ3n) is 5.07. The van der Waals surface area contributed by atoms with Crippen LogP contribution >= 0.6 is 24.8 Å². The van der Waals surface area contributed by atoms with E-state index in [0.717, 1.165) is 39.1 Å². The third kappa shape index (κ3) is 6.65.